The van der Waals surface area contributed by atoms with Gasteiger partial charge in [0.2, 0.25) is 0 Å². The highest BCUT2D eigenvalue weighted by molar-refractivity contribution is 5.99. The van der Waals surface area contributed by atoms with Crippen molar-refractivity contribution in [3.63, 3.8) is 0 Å². The summed E-state index contributed by atoms with van der Waals surface area (Å²) < 4.78 is 0. The number of carbonyl (C=O) groups is 1. The number of benzene rings is 2. The van der Waals surface area contributed by atoms with Crippen LogP contribution in [0.1, 0.15) is 21.5 Å². The lowest BCUT2D eigenvalue weighted by Gasteiger charge is -2.17. The van der Waals surface area contributed by atoms with E-state index in [0.717, 1.165) is 22.3 Å². The zero-order chi connectivity index (χ0) is 13.2. The second-order valence-corrected chi connectivity index (χ2v) is 4.79. The first kappa shape index (κ1) is 11.7. The molecule has 1 heterocycles. The lowest BCUT2D eigenvalue weighted by molar-refractivity contribution is 0.0799. The second kappa shape index (κ2) is 4.73. The van der Waals surface area contributed by atoms with Crippen LogP contribution in [0.2, 0.25) is 0 Å². The average Bonchev–Trinajstić information content (AvgIpc) is 2.77. The molecule has 0 aromatic heterocycles. The number of hydrogen-bond donors (Lipinski definition) is 0. The van der Waals surface area contributed by atoms with Gasteiger partial charge in [-0.2, -0.15) is 0 Å². The van der Waals surface area contributed by atoms with Crippen LogP contribution < -0.4 is 0 Å². The Morgan fingerprint density at radius 1 is 1.05 bits per heavy atom. The number of nitrogens with zero attached hydrogens (tertiary/aromatic N) is 1. The van der Waals surface area contributed by atoms with Crippen molar-refractivity contribution in [1.29, 1.82) is 0 Å². The minimum absolute atomic E-state index is 0.104. The van der Waals surface area contributed by atoms with E-state index in [4.69, 9.17) is 0 Å². The monoisotopic (exact) mass is 249 g/mol. The van der Waals surface area contributed by atoms with Crippen molar-refractivity contribution in [3.05, 3.63) is 77.9 Å². The Kier molecular flexibility index (Phi) is 2.92. The molecule has 1 aliphatic heterocycles. The van der Waals surface area contributed by atoms with Crippen LogP contribution in [0.25, 0.3) is 5.57 Å². The van der Waals surface area contributed by atoms with Crippen molar-refractivity contribution in [2.75, 3.05) is 6.54 Å². The molecular formula is C17H15NO. The van der Waals surface area contributed by atoms with Crippen molar-refractivity contribution >= 4 is 11.5 Å². The van der Waals surface area contributed by atoms with Gasteiger partial charge in [0, 0.05) is 18.7 Å². The molecule has 0 fully saturated rings. The van der Waals surface area contributed by atoms with Crippen molar-refractivity contribution in [1.82, 2.24) is 4.90 Å². The SMILES string of the molecule is C=C(CN1Cc2ccccc2C1=O)c1ccccc1. The van der Waals surface area contributed by atoms with Crippen LogP contribution in [0.15, 0.2) is 61.2 Å². The van der Waals surface area contributed by atoms with E-state index in [9.17, 15) is 4.79 Å². The largest absolute Gasteiger partial charge is 0.330 e. The molecule has 0 saturated carbocycles. The van der Waals surface area contributed by atoms with Gasteiger partial charge in [-0.25, -0.2) is 0 Å². The highest BCUT2D eigenvalue weighted by Crippen LogP contribution is 2.24. The van der Waals surface area contributed by atoms with Gasteiger partial charge in [0.05, 0.1) is 0 Å². The molecule has 2 aromatic carbocycles. The van der Waals surface area contributed by atoms with Gasteiger partial charge in [-0.15, -0.1) is 0 Å². The van der Waals surface area contributed by atoms with Gasteiger partial charge in [0.1, 0.15) is 0 Å². The average molecular weight is 249 g/mol. The molecular weight excluding hydrogens is 234 g/mol. The number of hydrogen-bond acceptors (Lipinski definition) is 1. The van der Waals surface area contributed by atoms with Crippen LogP contribution in [0.4, 0.5) is 0 Å². The van der Waals surface area contributed by atoms with E-state index in [2.05, 4.69) is 6.58 Å². The first-order chi connectivity index (χ1) is 9.25. The third-order valence-corrected chi connectivity index (χ3v) is 3.46. The quantitative estimate of drug-likeness (QED) is 0.816. The topological polar surface area (TPSA) is 20.3 Å². The van der Waals surface area contributed by atoms with E-state index >= 15 is 0 Å². The Bertz CT molecular complexity index is 631. The summed E-state index contributed by atoms with van der Waals surface area (Å²) in [6, 6.07) is 17.8. The summed E-state index contributed by atoms with van der Waals surface area (Å²) in [7, 11) is 0. The van der Waals surface area contributed by atoms with Crippen molar-refractivity contribution in [3.8, 4) is 0 Å². The third kappa shape index (κ3) is 2.17. The summed E-state index contributed by atoms with van der Waals surface area (Å²) in [6.07, 6.45) is 0. The maximum atomic E-state index is 12.2. The van der Waals surface area contributed by atoms with Gasteiger partial charge in [0.25, 0.3) is 5.91 Å². The first-order valence-electron chi connectivity index (χ1n) is 6.36. The van der Waals surface area contributed by atoms with Gasteiger partial charge < -0.3 is 4.90 Å². The molecule has 0 spiro atoms. The molecule has 0 radical (unpaired) electrons. The van der Waals surface area contributed by atoms with E-state index in [-0.39, 0.29) is 5.91 Å². The van der Waals surface area contributed by atoms with E-state index in [1.165, 1.54) is 0 Å². The minimum Gasteiger partial charge on any atom is -0.330 e. The van der Waals surface area contributed by atoms with E-state index in [1.807, 2.05) is 59.5 Å². The molecule has 19 heavy (non-hydrogen) atoms. The number of amides is 1. The predicted molar refractivity (Wildman–Crippen MR) is 76.7 cm³/mol. The normalized spacial score (nSPS) is 13.5. The smallest absolute Gasteiger partial charge is 0.254 e. The molecule has 3 rings (SSSR count). The fourth-order valence-electron chi connectivity index (χ4n) is 2.44. The first-order valence-corrected chi connectivity index (χ1v) is 6.36. The molecule has 2 aromatic rings. The minimum atomic E-state index is 0.104. The fourth-order valence-corrected chi connectivity index (χ4v) is 2.44. The van der Waals surface area contributed by atoms with Crippen LogP contribution in [0, 0.1) is 0 Å². The maximum absolute atomic E-state index is 12.2. The second-order valence-electron chi connectivity index (χ2n) is 4.79. The van der Waals surface area contributed by atoms with Crippen LogP contribution in [-0.2, 0) is 6.54 Å². The number of rotatable bonds is 3. The summed E-state index contributed by atoms with van der Waals surface area (Å²) in [6.45, 7) is 5.35. The molecule has 0 unspecified atom stereocenters. The van der Waals surface area contributed by atoms with Crippen LogP contribution in [0.5, 0.6) is 0 Å². The predicted octanol–water partition coefficient (Wildman–Crippen LogP) is 3.36. The molecule has 0 saturated heterocycles. The zero-order valence-electron chi connectivity index (χ0n) is 10.7. The lowest BCUT2D eigenvalue weighted by atomic mass is 10.1. The Labute approximate surface area is 113 Å². The van der Waals surface area contributed by atoms with Gasteiger partial charge in [0.15, 0.2) is 0 Å². The summed E-state index contributed by atoms with van der Waals surface area (Å²) in [5.74, 6) is 0.104. The van der Waals surface area contributed by atoms with Gasteiger partial charge in [-0.05, 0) is 22.8 Å². The molecule has 94 valence electrons. The Hall–Kier alpha value is -2.35. The van der Waals surface area contributed by atoms with Crippen molar-refractivity contribution in [2.24, 2.45) is 0 Å². The Morgan fingerprint density at radius 2 is 1.74 bits per heavy atom. The molecule has 0 atom stereocenters. The molecule has 1 aliphatic rings. The highest BCUT2D eigenvalue weighted by Gasteiger charge is 2.26. The molecule has 0 N–H and O–H groups in total. The van der Waals surface area contributed by atoms with E-state index < -0.39 is 0 Å². The van der Waals surface area contributed by atoms with Crippen LogP contribution in [0.3, 0.4) is 0 Å². The van der Waals surface area contributed by atoms with Crippen molar-refractivity contribution in [2.45, 2.75) is 6.54 Å². The zero-order valence-corrected chi connectivity index (χ0v) is 10.7. The lowest BCUT2D eigenvalue weighted by Crippen LogP contribution is -2.25. The summed E-state index contributed by atoms with van der Waals surface area (Å²) in [5, 5.41) is 0. The van der Waals surface area contributed by atoms with Crippen LogP contribution >= 0.6 is 0 Å². The maximum Gasteiger partial charge on any atom is 0.254 e. The van der Waals surface area contributed by atoms with Gasteiger partial charge >= 0.3 is 0 Å². The molecule has 0 aliphatic carbocycles. The Morgan fingerprint density at radius 3 is 2.47 bits per heavy atom. The summed E-state index contributed by atoms with van der Waals surface area (Å²) in [5.41, 5.74) is 3.99. The number of fused-ring (bicyclic) bond motifs is 1. The third-order valence-electron chi connectivity index (χ3n) is 3.46. The summed E-state index contributed by atoms with van der Waals surface area (Å²) >= 11 is 0. The fraction of sp³-hybridized carbons (Fsp3) is 0.118. The molecule has 2 nitrogen and oxygen atoms in total. The molecule has 1 amide bonds. The summed E-state index contributed by atoms with van der Waals surface area (Å²) in [4.78, 5) is 14.1. The Balaban J connectivity index is 1.77. The van der Waals surface area contributed by atoms with Crippen LogP contribution in [-0.4, -0.2) is 17.4 Å². The van der Waals surface area contributed by atoms with E-state index in [0.29, 0.717) is 13.1 Å². The highest BCUT2D eigenvalue weighted by atomic mass is 16.2. The van der Waals surface area contributed by atoms with Gasteiger partial charge in [-0.1, -0.05) is 55.1 Å². The molecule has 2 heteroatoms. The standard InChI is InChI=1S/C17H15NO/c1-13(14-7-3-2-4-8-14)11-18-12-15-9-5-6-10-16(15)17(18)19/h2-10H,1,11-12H2. The van der Waals surface area contributed by atoms with Crippen molar-refractivity contribution < 1.29 is 4.79 Å². The van der Waals surface area contributed by atoms with Gasteiger partial charge in [-0.3, -0.25) is 4.79 Å². The number of carbonyl (C=O) groups excluding carboxylic acids is 1. The van der Waals surface area contributed by atoms with E-state index in [1.54, 1.807) is 0 Å². The molecule has 0 bridgehead atoms.